The summed E-state index contributed by atoms with van der Waals surface area (Å²) in [6.45, 7) is 7.52. The summed E-state index contributed by atoms with van der Waals surface area (Å²) in [7, 11) is 0. The highest BCUT2D eigenvalue weighted by molar-refractivity contribution is 5.40. The van der Waals surface area contributed by atoms with Gasteiger partial charge in [-0.05, 0) is 38.1 Å². The van der Waals surface area contributed by atoms with E-state index in [0.717, 1.165) is 37.8 Å². The van der Waals surface area contributed by atoms with Crippen molar-refractivity contribution in [3.8, 4) is 0 Å². The predicted octanol–water partition coefficient (Wildman–Crippen LogP) is 3.94. The fourth-order valence-corrected chi connectivity index (χ4v) is 2.29. The molecule has 20 heavy (non-hydrogen) atoms. The monoisotopic (exact) mass is 278 g/mol. The third-order valence-electron chi connectivity index (χ3n) is 3.43. The van der Waals surface area contributed by atoms with Crippen LogP contribution in [0.15, 0.2) is 24.3 Å². The highest BCUT2D eigenvalue weighted by atomic mass is 16.6. The minimum atomic E-state index is -0.283. The summed E-state index contributed by atoms with van der Waals surface area (Å²) in [5.41, 5.74) is 1.07. The van der Waals surface area contributed by atoms with Gasteiger partial charge in [0, 0.05) is 17.7 Å². The topological polar surface area (TPSA) is 55.2 Å². The van der Waals surface area contributed by atoms with Gasteiger partial charge in [-0.25, -0.2) is 0 Å². The Morgan fingerprint density at radius 2 is 1.95 bits per heavy atom. The van der Waals surface area contributed by atoms with Crippen molar-refractivity contribution in [1.82, 2.24) is 5.32 Å². The van der Waals surface area contributed by atoms with Gasteiger partial charge in [0.25, 0.3) is 5.69 Å². The fraction of sp³-hybridized carbons (Fsp3) is 0.625. The van der Waals surface area contributed by atoms with Crippen LogP contribution in [-0.4, -0.2) is 17.5 Å². The zero-order valence-corrected chi connectivity index (χ0v) is 12.8. The Labute approximate surface area is 121 Å². The highest BCUT2D eigenvalue weighted by Crippen LogP contribution is 2.21. The molecule has 1 unspecified atom stereocenters. The molecule has 4 heteroatoms. The first kappa shape index (κ1) is 16.6. The predicted molar refractivity (Wildman–Crippen MR) is 83.0 cm³/mol. The van der Waals surface area contributed by atoms with Crippen LogP contribution in [0.4, 0.5) is 5.69 Å². The Bertz CT molecular complexity index is 419. The van der Waals surface area contributed by atoms with E-state index >= 15 is 0 Å². The molecule has 0 bridgehead atoms. The lowest BCUT2D eigenvalue weighted by atomic mass is 9.97. The van der Waals surface area contributed by atoms with Crippen LogP contribution >= 0.6 is 0 Å². The molecule has 0 aliphatic rings. The van der Waals surface area contributed by atoms with Gasteiger partial charge >= 0.3 is 0 Å². The normalized spacial score (nSPS) is 12.6. The zero-order chi connectivity index (χ0) is 15.0. The van der Waals surface area contributed by atoms with Crippen molar-refractivity contribution >= 4 is 5.69 Å². The first-order valence-corrected chi connectivity index (χ1v) is 7.50. The molecule has 0 aromatic heterocycles. The largest absolute Gasteiger partial charge is 0.314 e. The number of hydrogen-bond donors (Lipinski definition) is 1. The van der Waals surface area contributed by atoms with Crippen molar-refractivity contribution in [2.75, 3.05) is 6.54 Å². The molecular weight excluding hydrogens is 252 g/mol. The third-order valence-corrected chi connectivity index (χ3v) is 3.43. The number of nitrogens with zero attached hydrogens (tertiary/aromatic N) is 1. The summed E-state index contributed by atoms with van der Waals surface area (Å²) in [5.74, 6) is 0.659. The maximum absolute atomic E-state index is 11.1. The first-order valence-electron chi connectivity index (χ1n) is 7.50. The number of nitrogens with one attached hydrogen (secondary N) is 1. The van der Waals surface area contributed by atoms with E-state index in [1.807, 2.05) is 12.1 Å². The lowest BCUT2D eigenvalue weighted by molar-refractivity contribution is -0.385. The second-order valence-corrected chi connectivity index (χ2v) is 5.71. The molecule has 0 radical (unpaired) electrons. The third kappa shape index (κ3) is 5.70. The molecule has 0 amide bonds. The fourth-order valence-electron chi connectivity index (χ4n) is 2.29. The van der Waals surface area contributed by atoms with Crippen LogP contribution in [0.5, 0.6) is 0 Å². The summed E-state index contributed by atoms with van der Waals surface area (Å²) >= 11 is 0. The molecule has 0 spiro atoms. The summed E-state index contributed by atoms with van der Waals surface area (Å²) in [5, 5.41) is 14.6. The molecule has 1 aromatic carbocycles. The maximum atomic E-state index is 11.1. The average Bonchev–Trinajstić information content (AvgIpc) is 2.42. The van der Waals surface area contributed by atoms with E-state index in [1.165, 1.54) is 0 Å². The smallest absolute Gasteiger partial charge is 0.272 e. The number of nitro groups is 1. The van der Waals surface area contributed by atoms with Gasteiger partial charge in [-0.15, -0.1) is 0 Å². The van der Waals surface area contributed by atoms with Crippen molar-refractivity contribution in [2.24, 2.45) is 5.92 Å². The van der Waals surface area contributed by atoms with Gasteiger partial charge in [-0.2, -0.15) is 0 Å². The molecule has 112 valence electrons. The van der Waals surface area contributed by atoms with E-state index in [2.05, 4.69) is 26.1 Å². The lowest BCUT2D eigenvalue weighted by Crippen LogP contribution is -2.32. The Hall–Kier alpha value is -1.42. The first-order chi connectivity index (χ1) is 9.54. The van der Waals surface area contributed by atoms with Crippen LogP contribution in [0.1, 0.15) is 45.6 Å². The van der Waals surface area contributed by atoms with E-state index in [-0.39, 0.29) is 10.6 Å². The van der Waals surface area contributed by atoms with Crippen LogP contribution in [0, 0.1) is 16.0 Å². The number of rotatable bonds is 9. The summed E-state index contributed by atoms with van der Waals surface area (Å²) < 4.78 is 0. The second-order valence-electron chi connectivity index (χ2n) is 5.71. The molecule has 4 nitrogen and oxygen atoms in total. The number of hydrogen-bond acceptors (Lipinski definition) is 3. The summed E-state index contributed by atoms with van der Waals surface area (Å²) in [6, 6.07) is 7.38. The van der Waals surface area contributed by atoms with Crippen LogP contribution in [0.2, 0.25) is 0 Å². The molecule has 1 rings (SSSR count). The average molecular weight is 278 g/mol. The maximum Gasteiger partial charge on any atom is 0.272 e. The molecule has 0 fully saturated rings. The van der Waals surface area contributed by atoms with Crippen molar-refractivity contribution in [3.63, 3.8) is 0 Å². The minimum Gasteiger partial charge on any atom is -0.314 e. The lowest BCUT2D eigenvalue weighted by Gasteiger charge is -2.19. The zero-order valence-electron chi connectivity index (χ0n) is 12.8. The standard InChI is InChI=1S/C16H26N2O2/c1-4-11-17-15(10-9-13(2)3)12-14-7-5-6-8-16(14)18(19)20/h5-8,13,15,17H,4,9-12H2,1-3H3. The Balaban J connectivity index is 2.74. The van der Waals surface area contributed by atoms with Crippen molar-refractivity contribution in [3.05, 3.63) is 39.9 Å². The van der Waals surface area contributed by atoms with Crippen LogP contribution < -0.4 is 5.32 Å². The van der Waals surface area contributed by atoms with Crippen molar-refractivity contribution in [1.29, 1.82) is 0 Å². The van der Waals surface area contributed by atoms with E-state index in [9.17, 15) is 10.1 Å². The van der Waals surface area contributed by atoms with Gasteiger partial charge in [-0.3, -0.25) is 10.1 Å². The Morgan fingerprint density at radius 1 is 1.25 bits per heavy atom. The van der Waals surface area contributed by atoms with Crippen molar-refractivity contribution < 1.29 is 4.92 Å². The molecule has 0 saturated heterocycles. The highest BCUT2D eigenvalue weighted by Gasteiger charge is 2.17. The van der Waals surface area contributed by atoms with E-state index in [4.69, 9.17) is 0 Å². The Morgan fingerprint density at radius 3 is 2.55 bits per heavy atom. The molecule has 1 atom stereocenters. The van der Waals surface area contributed by atoms with E-state index in [1.54, 1.807) is 12.1 Å². The van der Waals surface area contributed by atoms with Gasteiger partial charge in [0.1, 0.15) is 0 Å². The molecule has 0 saturated carbocycles. The van der Waals surface area contributed by atoms with Crippen molar-refractivity contribution in [2.45, 2.75) is 52.5 Å². The summed E-state index contributed by atoms with van der Waals surface area (Å²) in [6.07, 6.45) is 4.00. The molecule has 1 N–H and O–H groups in total. The van der Waals surface area contributed by atoms with Crippen LogP contribution in [0.3, 0.4) is 0 Å². The van der Waals surface area contributed by atoms with E-state index < -0.39 is 0 Å². The van der Waals surface area contributed by atoms with Gasteiger partial charge in [0.15, 0.2) is 0 Å². The van der Waals surface area contributed by atoms with Gasteiger partial charge in [0.2, 0.25) is 0 Å². The Kier molecular flexibility index (Phi) is 7.23. The molecular formula is C16H26N2O2. The quantitative estimate of drug-likeness (QED) is 0.550. The molecule has 0 aliphatic carbocycles. The number of benzene rings is 1. The number of nitro benzene ring substituents is 1. The minimum absolute atomic E-state index is 0.236. The van der Waals surface area contributed by atoms with Crippen LogP contribution in [0.25, 0.3) is 0 Å². The second kappa shape index (κ2) is 8.69. The number of para-hydroxylation sites is 1. The summed E-state index contributed by atoms with van der Waals surface area (Å²) in [4.78, 5) is 10.8. The van der Waals surface area contributed by atoms with Gasteiger partial charge < -0.3 is 5.32 Å². The molecule has 1 aromatic rings. The SMILES string of the molecule is CCCNC(CCC(C)C)Cc1ccccc1[N+](=O)[O-]. The van der Waals surface area contributed by atoms with E-state index in [0.29, 0.717) is 12.0 Å². The van der Waals surface area contributed by atoms with Crippen LogP contribution in [-0.2, 0) is 6.42 Å². The van der Waals surface area contributed by atoms with Gasteiger partial charge in [-0.1, -0.05) is 39.0 Å². The van der Waals surface area contributed by atoms with Gasteiger partial charge in [0.05, 0.1) is 4.92 Å². The molecule has 0 aliphatic heterocycles. The molecule has 0 heterocycles.